The first-order valence-corrected chi connectivity index (χ1v) is 1.89. The van der Waals surface area contributed by atoms with Gasteiger partial charge in [0.2, 0.25) is 0 Å². The zero-order valence-electron chi connectivity index (χ0n) is 3.19. The van der Waals surface area contributed by atoms with Crippen LogP contribution < -0.4 is 0 Å². The fourth-order valence-corrected chi connectivity index (χ4v) is 0.203. The van der Waals surface area contributed by atoms with Crippen LogP contribution in [0.2, 0.25) is 0 Å². The van der Waals surface area contributed by atoms with Crippen LogP contribution in [0.5, 0.6) is 0 Å². The lowest BCUT2D eigenvalue weighted by Crippen LogP contribution is -1.45. The van der Waals surface area contributed by atoms with Crippen molar-refractivity contribution in [3.05, 3.63) is 23.9 Å². The van der Waals surface area contributed by atoms with Crippen molar-refractivity contribution in [2.75, 3.05) is 0 Å². The van der Waals surface area contributed by atoms with Crippen LogP contribution in [0.15, 0.2) is 23.9 Å². The van der Waals surface area contributed by atoms with Gasteiger partial charge in [-0.15, -0.1) is 12.6 Å². The smallest absolute Gasteiger partial charge is 0.153 e. The Morgan fingerprint density at radius 2 is 2.33 bits per heavy atom. The monoisotopic (exact) mass is 104 g/mol. The molecule has 0 nitrogen and oxygen atoms in total. The summed E-state index contributed by atoms with van der Waals surface area (Å²) in [7, 11) is 0. The van der Waals surface area contributed by atoms with Gasteiger partial charge in [0.15, 0.2) is 5.16 Å². The van der Waals surface area contributed by atoms with E-state index in [1.807, 2.05) is 0 Å². The number of halogens is 1. The Morgan fingerprint density at radius 1 is 1.83 bits per heavy atom. The summed E-state index contributed by atoms with van der Waals surface area (Å²) in [5, 5.41) is -0.509. The minimum absolute atomic E-state index is 0.509. The van der Waals surface area contributed by atoms with Crippen molar-refractivity contribution < 1.29 is 4.39 Å². The van der Waals surface area contributed by atoms with E-state index in [1.54, 1.807) is 0 Å². The zero-order valence-corrected chi connectivity index (χ0v) is 4.08. The van der Waals surface area contributed by atoms with E-state index < -0.39 is 5.16 Å². The standard InChI is InChI=1S/C4H5FS/c1-2-3-4(5)6/h2-3,6H,1H2/b4-3-. The van der Waals surface area contributed by atoms with Crippen molar-refractivity contribution in [3.63, 3.8) is 0 Å². The first-order valence-electron chi connectivity index (χ1n) is 1.44. The first-order chi connectivity index (χ1) is 2.77. The van der Waals surface area contributed by atoms with Crippen LogP contribution in [-0.2, 0) is 0 Å². The molecule has 0 saturated heterocycles. The summed E-state index contributed by atoms with van der Waals surface area (Å²) < 4.78 is 11.4. The van der Waals surface area contributed by atoms with Crippen LogP contribution in [0.3, 0.4) is 0 Å². The van der Waals surface area contributed by atoms with E-state index in [4.69, 9.17) is 0 Å². The van der Waals surface area contributed by atoms with E-state index >= 15 is 0 Å². The molecule has 0 saturated carbocycles. The molecule has 0 unspecified atom stereocenters. The molecule has 0 aliphatic carbocycles. The highest BCUT2D eigenvalue weighted by Gasteiger charge is 1.71. The average Bonchev–Trinajstić information content (AvgIpc) is 1.35. The van der Waals surface area contributed by atoms with Crippen molar-refractivity contribution in [1.82, 2.24) is 0 Å². The second-order valence-corrected chi connectivity index (χ2v) is 1.15. The summed E-state index contributed by atoms with van der Waals surface area (Å²) >= 11 is 3.30. The number of rotatable bonds is 1. The van der Waals surface area contributed by atoms with E-state index in [9.17, 15) is 4.39 Å². The van der Waals surface area contributed by atoms with E-state index in [0.29, 0.717) is 0 Å². The normalized spacial score (nSPS) is 11.3. The van der Waals surface area contributed by atoms with E-state index in [0.717, 1.165) is 0 Å². The summed E-state index contributed by atoms with van der Waals surface area (Å²) in [6.45, 7) is 3.24. The molecule has 0 aromatic carbocycles. The molecule has 0 aliphatic heterocycles. The molecule has 0 bridgehead atoms. The molecular weight excluding hydrogens is 99.1 g/mol. The first kappa shape index (κ1) is 5.76. The summed E-state index contributed by atoms with van der Waals surface area (Å²) in [4.78, 5) is 0. The Kier molecular flexibility index (Phi) is 2.85. The molecule has 0 radical (unpaired) electrons. The molecule has 0 aromatic heterocycles. The SMILES string of the molecule is C=C/C=C(/F)S. The van der Waals surface area contributed by atoms with Gasteiger partial charge < -0.3 is 0 Å². The van der Waals surface area contributed by atoms with Crippen LogP contribution in [0, 0.1) is 0 Å². The quantitative estimate of drug-likeness (QED) is 0.381. The van der Waals surface area contributed by atoms with Gasteiger partial charge in [0.1, 0.15) is 0 Å². The van der Waals surface area contributed by atoms with E-state index in [2.05, 4.69) is 19.2 Å². The highest BCUT2D eigenvalue weighted by atomic mass is 32.1. The van der Waals surface area contributed by atoms with Crippen LogP contribution in [-0.4, -0.2) is 0 Å². The molecule has 0 spiro atoms. The van der Waals surface area contributed by atoms with Gasteiger partial charge in [-0.1, -0.05) is 12.7 Å². The van der Waals surface area contributed by atoms with Crippen LogP contribution >= 0.6 is 12.6 Å². The second kappa shape index (κ2) is 2.97. The number of hydrogen-bond acceptors (Lipinski definition) is 1. The maximum atomic E-state index is 11.4. The van der Waals surface area contributed by atoms with Gasteiger partial charge in [-0.2, -0.15) is 4.39 Å². The highest BCUT2D eigenvalue weighted by Crippen LogP contribution is 1.98. The number of hydrogen-bond donors (Lipinski definition) is 1. The maximum Gasteiger partial charge on any atom is 0.153 e. The third-order valence-corrected chi connectivity index (χ3v) is 0.404. The van der Waals surface area contributed by atoms with Gasteiger partial charge in [0.25, 0.3) is 0 Å². The molecule has 0 amide bonds. The van der Waals surface area contributed by atoms with Gasteiger partial charge in [0, 0.05) is 0 Å². The van der Waals surface area contributed by atoms with Gasteiger partial charge >= 0.3 is 0 Å². The molecule has 2 heteroatoms. The van der Waals surface area contributed by atoms with E-state index in [1.165, 1.54) is 12.2 Å². The number of thiol groups is 1. The molecule has 0 aromatic rings. The van der Waals surface area contributed by atoms with Gasteiger partial charge in [0.05, 0.1) is 0 Å². The Morgan fingerprint density at radius 3 is 2.33 bits per heavy atom. The lowest BCUT2D eigenvalue weighted by Gasteiger charge is -1.69. The second-order valence-electron chi connectivity index (χ2n) is 0.725. The predicted octanol–water partition coefficient (Wildman–Crippen LogP) is 1.91. The van der Waals surface area contributed by atoms with Crippen molar-refractivity contribution in [1.29, 1.82) is 0 Å². The summed E-state index contributed by atoms with van der Waals surface area (Å²) in [5.41, 5.74) is 0. The third kappa shape index (κ3) is 3.76. The summed E-state index contributed by atoms with van der Waals surface area (Å²) in [6, 6.07) is 0. The molecule has 0 heterocycles. The van der Waals surface area contributed by atoms with Crippen LogP contribution in [0.1, 0.15) is 0 Å². The summed E-state index contributed by atoms with van der Waals surface area (Å²) in [5.74, 6) is 0. The molecule has 6 heavy (non-hydrogen) atoms. The molecule has 34 valence electrons. The molecule has 0 aliphatic rings. The zero-order chi connectivity index (χ0) is 4.99. The Labute approximate surface area is 41.8 Å². The fourth-order valence-electron chi connectivity index (χ4n) is 0.0972. The predicted molar refractivity (Wildman–Crippen MR) is 28.4 cm³/mol. The van der Waals surface area contributed by atoms with Crippen LogP contribution in [0.25, 0.3) is 0 Å². The molecule has 0 N–H and O–H groups in total. The Bertz CT molecular complexity index is 71.6. The topological polar surface area (TPSA) is 0 Å². The Balaban J connectivity index is 3.41. The fraction of sp³-hybridized carbons (Fsp3) is 0. The average molecular weight is 104 g/mol. The highest BCUT2D eigenvalue weighted by molar-refractivity contribution is 7.84. The van der Waals surface area contributed by atoms with Crippen molar-refractivity contribution >= 4 is 12.6 Å². The lowest BCUT2D eigenvalue weighted by atomic mass is 10.6. The molecular formula is C4H5FS. The molecule has 0 rings (SSSR count). The van der Waals surface area contributed by atoms with Gasteiger partial charge in [-0.25, -0.2) is 0 Å². The minimum Gasteiger partial charge on any atom is -0.200 e. The Hall–Kier alpha value is -0.240. The van der Waals surface area contributed by atoms with Crippen molar-refractivity contribution in [2.45, 2.75) is 0 Å². The summed E-state index contributed by atoms with van der Waals surface area (Å²) in [6.07, 6.45) is 2.51. The molecule has 0 fully saturated rings. The van der Waals surface area contributed by atoms with Crippen LogP contribution in [0.4, 0.5) is 4.39 Å². The van der Waals surface area contributed by atoms with Crippen molar-refractivity contribution in [2.24, 2.45) is 0 Å². The minimum atomic E-state index is -0.509. The number of allylic oxidation sites excluding steroid dienone is 2. The van der Waals surface area contributed by atoms with Gasteiger partial charge in [-0.05, 0) is 6.08 Å². The molecule has 0 atom stereocenters. The third-order valence-electron chi connectivity index (χ3n) is 0.255. The largest absolute Gasteiger partial charge is 0.200 e. The van der Waals surface area contributed by atoms with Crippen molar-refractivity contribution in [3.8, 4) is 0 Å². The maximum absolute atomic E-state index is 11.4. The lowest BCUT2D eigenvalue weighted by molar-refractivity contribution is 0.702. The van der Waals surface area contributed by atoms with E-state index in [-0.39, 0.29) is 0 Å². The van der Waals surface area contributed by atoms with Gasteiger partial charge in [-0.3, -0.25) is 0 Å².